The molecular weight excluding hydrogens is 504 g/mol. The number of hydrogen-bond acceptors (Lipinski definition) is 5. The molecule has 2 unspecified atom stereocenters. The Balaban J connectivity index is 1.72. The van der Waals surface area contributed by atoms with E-state index in [4.69, 9.17) is 0 Å². The lowest BCUT2D eigenvalue weighted by molar-refractivity contribution is -0.154. The number of piperazine rings is 2. The van der Waals surface area contributed by atoms with Gasteiger partial charge in [-0.25, -0.2) is 8.78 Å². The summed E-state index contributed by atoms with van der Waals surface area (Å²) in [4.78, 5) is 46.6. The van der Waals surface area contributed by atoms with Gasteiger partial charge in [0.15, 0.2) is 0 Å². The van der Waals surface area contributed by atoms with Crippen LogP contribution >= 0.6 is 0 Å². The number of rotatable bonds is 6. The van der Waals surface area contributed by atoms with E-state index in [1.54, 1.807) is 34.1 Å². The number of amides is 3. The van der Waals surface area contributed by atoms with Gasteiger partial charge in [0.1, 0.15) is 11.6 Å². The lowest BCUT2D eigenvalue weighted by Crippen LogP contribution is -2.61. The molecule has 2 aromatic rings. The number of benzene rings is 2. The van der Waals surface area contributed by atoms with Gasteiger partial charge in [-0.05, 0) is 48.2 Å². The molecule has 0 bridgehead atoms. The zero-order chi connectivity index (χ0) is 27.4. The molecule has 39 heavy (non-hydrogen) atoms. The molecule has 3 fully saturated rings. The highest BCUT2D eigenvalue weighted by Crippen LogP contribution is 2.53. The molecule has 2 atom stereocenters. The Bertz CT molecular complexity index is 1100. The second-order valence-electron chi connectivity index (χ2n) is 10.5. The predicted molar refractivity (Wildman–Crippen MR) is 142 cm³/mol. The molecule has 0 aliphatic carbocycles. The molecule has 3 saturated heterocycles. The van der Waals surface area contributed by atoms with Gasteiger partial charge in [0.05, 0.1) is 17.3 Å². The maximum absolute atomic E-state index is 14.5. The Kier molecular flexibility index (Phi) is 8.23. The molecule has 3 N–H and O–H groups in total. The summed E-state index contributed by atoms with van der Waals surface area (Å²) in [5.74, 6) is -3.91. The van der Waals surface area contributed by atoms with Crippen molar-refractivity contribution >= 4 is 17.7 Å². The van der Waals surface area contributed by atoms with Crippen LogP contribution in [-0.2, 0) is 14.4 Å². The third-order valence-corrected chi connectivity index (χ3v) is 8.26. The summed E-state index contributed by atoms with van der Waals surface area (Å²) in [5, 5.41) is 9.45. The van der Waals surface area contributed by atoms with Gasteiger partial charge in [-0.2, -0.15) is 0 Å². The number of carbonyl (C=O) groups excluding carboxylic acids is 3. The van der Waals surface area contributed by atoms with E-state index in [1.807, 2.05) is 0 Å². The fourth-order valence-corrected chi connectivity index (χ4v) is 6.35. The highest BCUT2D eigenvalue weighted by molar-refractivity contribution is 6.00. The quantitative estimate of drug-likeness (QED) is 0.519. The summed E-state index contributed by atoms with van der Waals surface area (Å²) in [5.41, 5.74) is -0.535. The summed E-state index contributed by atoms with van der Waals surface area (Å²) < 4.78 is 28.1. The highest BCUT2D eigenvalue weighted by atomic mass is 19.1. The molecular formula is C29H35F2N5O3. The van der Waals surface area contributed by atoms with Gasteiger partial charge in [-0.15, -0.1) is 0 Å². The lowest BCUT2D eigenvalue weighted by Gasteiger charge is -2.49. The van der Waals surface area contributed by atoms with E-state index in [0.717, 1.165) is 0 Å². The zero-order valence-corrected chi connectivity index (χ0v) is 21.9. The largest absolute Gasteiger partial charge is 0.356 e. The van der Waals surface area contributed by atoms with Crippen LogP contribution in [0.2, 0.25) is 0 Å². The lowest BCUT2D eigenvalue weighted by atomic mass is 9.57. The molecule has 5 rings (SSSR count). The number of halogens is 2. The van der Waals surface area contributed by atoms with Crippen molar-refractivity contribution in [2.75, 3.05) is 58.9 Å². The third kappa shape index (κ3) is 5.40. The highest BCUT2D eigenvalue weighted by Gasteiger charge is 2.59. The number of nitrogens with one attached hydrogen (secondary N) is 3. The Hall–Kier alpha value is -3.37. The second kappa shape index (κ2) is 11.8. The van der Waals surface area contributed by atoms with Crippen molar-refractivity contribution in [2.45, 2.75) is 24.7 Å². The standard InChI is InChI=1S/C29H35F2N5O3/c30-22-6-2-20(3-7-22)24(26(37)35-16-12-32-13-17-35)29(10-1-11-34-28(29)39)25(21-4-8-23(31)9-5-21)27(38)36-18-14-33-15-19-36/h2-9,24-25,32-33H,1,10-19H2,(H,34,39). The van der Waals surface area contributed by atoms with E-state index < -0.39 is 28.9 Å². The maximum atomic E-state index is 14.5. The van der Waals surface area contributed by atoms with E-state index in [9.17, 15) is 23.2 Å². The molecule has 0 spiro atoms. The van der Waals surface area contributed by atoms with Crippen LogP contribution < -0.4 is 16.0 Å². The third-order valence-electron chi connectivity index (χ3n) is 8.26. The van der Waals surface area contributed by atoms with E-state index >= 15 is 0 Å². The van der Waals surface area contributed by atoms with E-state index in [-0.39, 0.29) is 24.1 Å². The zero-order valence-electron chi connectivity index (χ0n) is 21.9. The molecule has 0 aromatic heterocycles. The first-order valence-electron chi connectivity index (χ1n) is 13.7. The predicted octanol–water partition coefficient (Wildman–Crippen LogP) is 1.59. The molecule has 3 heterocycles. The smallest absolute Gasteiger partial charge is 0.231 e. The normalized spacial score (nSPS) is 23.6. The second-order valence-corrected chi connectivity index (χ2v) is 10.5. The first-order chi connectivity index (χ1) is 18.9. The molecule has 2 aromatic carbocycles. The van der Waals surface area contributed by atoms with Gasteiger partial charge in [0, 0.05) is 58.9 Å². The van der Waals surface area contributed by atoms with Crippen LogP contribution in [0.4, 0.5) is 8.78 Å². The van der Waals surface area contributed by atoms with Gasteiger partial charge < -0.3 is 25.8 Å². The van der Waals surface area contributed by atoms with Crippen molar-refractivity contribution in [3.63, 3.8) is 0 Å². The SMILES string of the molecule is O=C(C(c1ccc(F)cc1)C1(C(C(=O)N2CCNCC2)c2ccc(F)cc2)CCCNC1=O)N1CCNCC1. The van der Waals surface area contributed by atoms with E-state index in [2.05, 4.69) is 16.0 Å². The van der Waals surface area contributed by atoms with Crippen LogP contribution in [0.3, 0.4) is 0 Å². The van der Waals surface area contributed by atoms with Crippen molar-refractivity contribution in [3.05, 3.63) is 71.3 Å². The minimum Gasteiger partial charge on any atom is -0.356 e. The number of hydrogen-bond donors (Lipinski definition) is 3. The summed E-state index contributed by atoms with van der Waals surface area (Å²) in [7, 11) is 0. The van der Waals surface area contributed by atoms with Crippen molar-refractivity contribution in [3.8, 4) is 0 Å². The fraction of sp³-hybridized carbons (Fsp3) is 0.483. The van der Waals surface area contributed by atoms with Crippen LogP contribution in [0.5, 0.6) is 0 Å². The fourth-order valence-electron chi connectivity index (χ4n) is 6.35. The van der Waals surface area contributed by atoms with Crippen LogP contribution in [0.15, 0.2) is 48.5 Å². The topological polar surface area (TPSA) is 93.8 Å². The Labute approximate surface area is 227 Å². The molecule has 208 valence electrons. The average molecular weight is 540 g/mol. The van der Waals surface area contributed by atoms with Gasteiger partial charge in [0.25, 0.3) is 0 Å². The number of carbonyl (C=O) groups is 3. The van der Waals surface area contributed by atoms with Crippen LogP contribution in [0.25, 0.3) is 0 Å². The molecule has 8 nitrogen and oxygen atoms in total. The van der Waals surface area contributed by atoms with Gasteiger partial charge in [-0.1, -0.05) is 24.3 Å². The number of piperidine rings is 1. The maximum Gasteiger partial charge on any atom is 0.231 e. The van der Waals surface area contributed by atoms with E-state index in [0.29, 0.717) is 76.5 Å². The molecule has 3 aliphatic heterocycles. The Morgan fingerprint density at radius 1 is 0.692 bits per heavy atom. The Morgan fingerprint density at radius 3 is 1.49 bits per heavy atom. The van der Waals surface area contributed by atoms with Gasteiger partial charge in [0.2, 0.25) is 17.7 Å². The molecule has 3 amide bonds. The molecule has 0 saturated carbocycles. The molecule has 0 radical (unpaired) electrons. The summed E-state index contributed by atoms with van der Waals surface area (Å²) in [6, 6.07) is 11.3. The van der Waals surface area contributed by atoms with Crippen molar-refractivity contribution in [1.82, 2.24) is 25.8 Å². The monoisotopic (exact) mass is 539 g/mol. The minimum absolute atomic E-state index is 0.264. The summed E-state index contributed by atoms with van der Waals surface area (Å²) in [6.45, 7) is 4.72. The van der Waals surface area contributed by atoms with Crippen molar-refractivity contribution in [1.29, 1.82) is 0 Å². The first-order valence-corrected chi connectivity index (χ1v) is 13.7. The van der Waals surface area contributed by atoms with Gasteiger partial charge in [-0.3, -0.25) is 14.4 Å². The average Bonchev–Trinajstić information content (AvgIpc) is 2.97. The van der Waals surface area contributed by atoms with Crippen LogP contribution in [-0.4, -0.2) is 86.4 Å². The Morgan fingerprint density at radius 2 is 1.10 bits per heavy atom. The molecule has 10 heteroatoms. The first kappa shape index (κ1) is 27.2. The van der Waals surface area contributed by atoms with E-state index in [1.165, 1.54) is 24.3 Å². The molecule has 3 aliphatic rings. The van der Waals surface area contributed by atoms with Crippen LogP contribution in [0.1, 0.15) is 35.8 Å². The van der Waals surface area contributed by atoms with Gasteiger partial charge >= 0.3 is 0 Å². The summed E-state index contributed by atoms with van der Waals surface area (Å²) >= 11 is 0. The van der Waals surface area contributed by atoms with Crippen molar-refractivity contribution < 1.29 is 23.2 Å². The number of nitrogens with zero attached hydrogens (tertiary/aromatic N) is 2. The van der Waals surface area contributed by atoms with Crippen LogP contribution in [0, 0.1) is 17.0 Å². The minimum atomic E-state index is -1.50. The van der Waals surface area contributed by atoms with Crippen molar-refractivity contribution in [2.24, 2.45) is 5.41 Å². The summed E-state index contributed by atoms with van der Waals surface area (Å²) in [6.07, 6.45) is 0.837.